The lowest BCUT2D eigenvalue weighted by Crippen LogP contribution is -2.32. The number of carbonyl (C=O) groups is 1. The number of ether oxygens (including phenoxy) is 1. The molecular formula is C24H29N3O3. The van der Waals surface area contributed by atoms with E-state index in [1.165, 1.54) is 0 Å². The van der Waals surface area contributed by atoms with Crippen molar-refractivity contribution in [1.82, 2.24) is 14.9 Å². The van der Waals surface area contributed by atoms with Gasteiger partial charge in [-0.05, 0) is 57.0 Å². The number of hydrogen-bond acceptors (Lipinski definition) is 4. The predicted octanol–water partition coefficient (Wildman–Crippen LogP) is 4.75. The molecule has 0 bridgehead atoms. The van der Waals surface area contributed by atoms with Gasteiger partial charge in [0.1, 0.15) is 11.4 Å². The SMILES string of the molecule is CCCCc1nc2ccccc2c(=O)n1-c1ccc(CNC(=O)OC(C)(C)C)cc1. The molecule has 0 aliphatic carbocycles. The quantitative estimate of drug-likeness (QED) is 0.640. The summed E-state index contributed by atoms with van der Waals surface area (Å²) in [5.41, 5.74) is 1.81. The van der Waals surface area contributed by atoms with Crippen LogP contribution in [0.4, 0.5) is 4.79 Å². The fraction of sp³-hybridized carbons (Fsp3) is 0.375. The summed E-state index contributed by atoms with van der Waals surface area (Å²) >= 11 is 0. The Balaban J connectivity index is 1.87. The lowest BCUT2D eigenvalue weighted by molar-refractivity contribution is 0.0523. The maximum absolute atomic E-state index is 13.2. The molecule has 30 heavy (non-hydrogen) atoms. The van der Waals surface area contributed by atoms with Crippen molar-refractivity contribution < 1.29 is 9.53 Å². The highest BCUT2D eigenvalue weighted by Gasteiger charge is 2.16. The van der Waals surface area contributed by atoms with E-state index in [2.05, 4.69) is 12.2 Å². The number of hydrogen-bond donors (Lipinski definition) is 1. The number of amides is 1. The largest absolute Gasteiger partial charge is 0.444 e. The van der Waals surface area contributed by atoms with Gasteiger partial charge < -0.3 is 10.1 Å². The number of fused-ring (bicyclic) bond motifs is 1. The Morgan fingerprint density at radius 1 is 1.10 bits per heavy atom. The first-order valence-electron chi connectivity index (χ1n) is 10.4. The Morgan fingerprint density at radius 2 is 1.80 bits per heavy atom. The van der Waals surface area contributed by atoms with Crippen LogP contribution in [-0.2, 0) is 17.7 Å². The molecule has 3 aromatic rings. The van der Waals surface area contributed by atoms with Crippen LogP contribution in [0.5, 0.6) is 0 Å². The van der Waals surface area contributed by atoms with E-state index < -0.39 is 11.7 Å². The molecule has 1 amide bonds. The monoisotopic (exact) mass is 407 g/mol. The zero-order valence-corrected chi connectivity index (χ0v) is 18.1. The molecule has 3 rings (SSSR count). The minimum atomic E-state index is -0.535. The maximum atomic E-state index is 13.2. The van der Waals surface area contributed by atoms with Crippen LogP contribution >= 0.6 is 0 Å². The number of carbonyl (C=O) groups excluding carboxylic acids is 1. The van der Waals surface area contributed by atoms with Crippen LogP contribution in [0.15, 0.2) is 53.3 Å². The first kappa shape index (κ1) is 21.6. The molecule has 2 aromatic carbocycles. The molecule has 158 valence electrons. The average molecular weight is 408 g/mol. The minimum absolute atomic E-state index is 0.0636. The first-order valence-corrected chi connectivity index (χ1v) is 10.4. The summed E-state index contributed by atoms with van der Waals surface area (Å²) in [5.74, 6) is 0.764. The van der Waals surface area contributed by atoms with Crippen LogP contribution in [0.2, 0.25) is 0 Å². The normalized spacial score (nSPS) is 11.5. The van der Waals surface area contributed by atoms with Crippen LogP contribution in [0, 0.1) is 0 Å². The van der Waals surface area contributed by atoms with E-state index in [9.17, 15) is 9.59 Å². The summed E-state index contributed by atoms with van der Waals surface area (Å²) in [6.45, 7) is 7.95. The Labute approximate surface area is 176 Å². The topological polar surface area (TPSA) is 73.2 Å². The maximum Gasteiger partial charge on any atom is 0.407 e. The van der Waals surface area contributed by atoms with E-state index in [-0.39, 0.29) is 5.56 Å². The second-order valence-electron chi connectivity index (χ2n) is 8.31. The van der Waals surface area contributed by atoms with Crippen LogP contribution in [0.3, 0.4) is 0 Å². The van der Waals surface area contributed by atoms with Crippen molar-refractivity contribution in [2.24, 2.45) is 0 Å². The average Bonchev–Trinajstić information content (AvgIpc) is 2.70. The summed E-state index contributed by atoms with van der Waals surface area (Å²) < 4.78 is 6.96. The van der Waals surface area contributed by atoms with Crippen molar-refractivity contribution >= 4 is 17.0 Å². The van der Waals surface area contributed by atoms with Gasteiger partial charge in [0.05, 0.1) is 16.6 Å². The molecule has 0 aliphatic heterocycles. The van der Waals surface area contributed by atoms with E-state index in [1.54, 1.807) is 4.57 Å². The van der Waals surface area contributed by atoms with Crippen molar-refractivity contribution in [2.75, 3.05) is 0 Å². The highest BCUT2D eigenvalue weighted by molar-refractivity contribution is 5.77. The molecule has 0 fully saturated rings. The van der Waals surface area contributed by atoms with Gasteiger partial charge in [-0.15, -0.1) is 0 Å². The van der Waals surface area contributed by atoms with Gasteiger partial charge in [-0.25, -0.2) is 9.78 Å². The molecule has 0 spiro atoms. The number of aromatic nitrogens is 2. The zero-order chi connectivity index (χ0) is 21.7. The van der Waals surface area contributed by atoms with Gasteiger partial charge in [0, 0.05) is 13.0 Å². The van der Waals surface area contributed by atoms with Gasteiger partial charge in [0.15, 0.2) is 0 Å². The number of alkyl carbamates (subject to hydrolysis) is 1. The van der Waals surface area contributed by atoms with Gasteiger partial charge >= 0.3 is 6.09 Å². The number of aryl methyl sites for hydroxylation is 1. The standard InChI is InChI=1S/C24H29N3O3/c1-5-6-11-21-26-20-10-8-7-9-19(20)22(28)27(21)18-14-12-17(13-15-18)16-25-23(29)30-24(2,3)4/h7-10,12-15H,5-6,11,16H2,1-4H3,(H,25,29). The van der Waals surface area contributed by atoms with E-state index in [4.69, 9.17) is 9.72 Å². The molecule has 6 nitrogen and oxygen atoms in total. The third kappa shape index (κ3) is 5.26. The van der Waals surface area contributed by atoms with Crippen molar-refractivity contribution in [3.8, 4) is 5.69 Å². The van der Waals surface area contributed by atoms with Gasteiger partial charge in [0.25, 0.3) is 5.56 Å². The number of benzene rings is 2. The van der Waals surface area contributed by atoms with Gasteiger partial charge in [-0.2, -0.15) is 0 Å². The number of para-hydroxylation sites is 1. The molecule has 0 saturated heterocycles. The predicted molar refractivity (Wildman–Crippen MR) is 119 cm³/mol. The summed E-state index contributed by atoms with van der Waals surface area (Å²) in [6.07, 6.45) is 2.27. The Morgan fingerprint density at radius 3 is 2.47 bits per heavy atom. The van der Waals surface area contributed by atoms with Gasteiger partial charge in [-0.1, -0.05) is 37.6 Å². The van der Waals surface area contributed by atoms with E-state index >= 15 is 0 Å². The lowest BCUT2D eigenvalue weighted by atomic mass is 10.1. The molecule has 0 saturated carbocycles. The number of nitrogens with one attached hydrogen (secondary N) is 1. The molecule has 0 unspecified atom stereocenters. The molecule has 1 N–H and O–H groups in total. The van der Waals surface area contributed by atoms with Gasteiger partial charge in [0.2, 0.25) is 0 Å². The fourth-order valence-electron chi connectivity index (χ4n) is 3.20. The molecule has 0 atom stereocenters. The van der Waals surface area contributed by atoms with Crippen LogP contribution < -0.4 is 10.9 Å². The molecule has 0 radical (unpaired) electrons. The van der Waals surface area contributed by atoms with E-state index in [0.29, 0.717) is 11.9 Å². The number of unbranched alkanes of at least 4 members (excludes halogenated alkanes) is 1. The third-order valence-corrected chi connectivity index (χ3v) is 4.63. The van der Waals surface area contributed by atoms with Crippen LogP contribution in [-0.4, -0.2) is 21.2 Å². The first-order chi connectivity index (χ1) is 14.3. The second kappa shape index (κ2) is 9.11. The molecule has 0 aliphatic rings. The number of nitrogens with zero attached hydrogens (tertiary/aromatic N) is 2. The lowest BCUT2D eigenvalue weighted by Gasteiger charge is -2.19. The van der Waals surface area contributed by atoms with E-state index in [1.807, 2.05) is 69.3 Å². The van der Waals surface area contributed by atoms with Gasteiger partial charge in [-0.3, -0.25) is 9.36 Å². The fourth-order valence-corrected chi connectivity index (χ4v) is 3.20. The van der Waals surface area contributed by atoms with Crippen LogP contribution in [0.1, 0.15) is 51.9 Å². The summed E-state index contributed by atoms with van der Waals surface area (Å²) in [7, 11) is 0. The second-order valence-corrected chi connectivity index (χ2v) is 8.31. The molecule has 1 aromatic heterocycles. The van der Waals surface area contributed by atoms with Crippen molar-refractivity contribution in [3.63, 3.8) is 0 Å². The third-order valence-electron chi connectivity index (χ3n) is 4.63. The minimum Gasteiger partial charge on any atom is -0.444 e. The molecular weight excluding hydrogens is 378 g/mol. The Bertz CT molecular complexity index is 1080. The van der Waals surface area contributed by atoms with Crippen molar-refractivity contribution in [3.05, 3.63) is 70.3 Å². The Kier molecular flexibility index (Phi) is 6.55. The smallest absolute Gasteiger partial charge is 0.407 e. The number of rotatable bonds is 6. The summed E-state index contributed by atoms with van der Waals surface area (Å²) in [4.78, 5) is 29.8. The van der Waals surface area contributed by atoms with Crippen molar-refractivity contribution in [1.29, 1.82) is 0 Å². The van der Waals surface area contributed by atoms with Crippen molar-refractivity contribution in [2.45, 2.75) is 59.1 Å². The molecule has 6 heteroatoms. The highest BCUT2D eigenvalue weighted by atomic mass is 16.6. The highest BCUT2D eigenvalue weighted by Crippen LogP contribution is 2.16. The Hall–Kier alpha value is -3.15. The van der Waals surface area contributed by atoms with Crippen LogP contribution in [0.25, 0.3) is 16.6 Å². The summed E-state index contributed by atoms with van der Waals surface area (Å²) in [5, 5.41) is 3.35. The summed E-state index contributed by atoms with van der Waals surface area (Å²) in [6, 6.07) is 15.0. The zero-order valence-electron chi connectivity index (χ0n) is 18.1. The van der Waals surface area contributed by atoms with E-state index in [0.717, 1.165) is 41.9 Å². The molecule has 1 heterocycles.